The van der Waals surface area contributed by atoms with E-state index in [4.69, 9.17) is 9.88 Å². The Kier molecular flexibility index (Phi) is 5.77. The van der Waals surface area contributed by atoms with E-state index >= 15 is 0 Å². The molecule has 4 N–H and O–H groups in total. The lowest BCUT2D eigenvalue weighted by Gasteiger charge is -2.12. The summed E-state index contributed by atoms with van der Waals surface area (Å²) >= 11 is 3.23. The number of methoxy groups -OCH3 is 1. The van der Waals surface area contributed by atoms with Gasteiger partial charge in [0, 0.05) is 4.47 Å². The smallest absolute Gasteiger partial charge is 0.273 e. The van der Waals surface area contributed by atoms with Crippen LogP contribution in [0.1, 0.15) is 20.7 Å². The van der Waals surface area contributed by atoms with Crippen molar-refractivity contribution in [1.29, 1.82) is 0 Å². The molecule has 0 atom stereocenters. The number of nitrogens with one attached hydrogen (secondary N) is 2. The molecule has 0 fully saturated rings. The molecule has 2 aromatic carbocycles. The second-order valence-corrected chi connectivity index (χ2v) is 7.21. The zero-order chi connectivity index (χ0) is 18.6. The lowest BCUT2D eigenvalue weighted by atomic mass is 10.2. The summed E-state index contributed by atoms with van der Waals surface area (Å²) in [6, 6.07) is 10.2. The van der Waals surface area contributed by atoms with Gasteiger partial charge in [0.05, 0.1) is 23.1 Å². The Labute approximate surface area is 152 Å². The number of hydrogen-bond acceptors (Lipinski definition) is 5. The molecule has 0 saturated heterocycles. The Balaban J connectivity index is 2.20. The van der Waals surface area contributed by atoms with Crippen LogP contribution in [0.15, 0.2) is 51.8 Å². The number of carbonyl (C=O) groups excluding carboxylic acids is 2. The van der Waals surface area contributed by atoms with Gasteiger partial charge < -0.3 is 4.74 Å². The number of nitrogens with two attached hydrogens (primary N) is 1. The summed E-state index contributed by atoms with van der Waals surface area (Å²) in [5.41, 5.74) is 4.66. The van der Waals surface area contributed by atoms with Gasteiger partial charge in [0.2, 0.25) is 10.0 Å². The molecule has 0 unspecified atom stereocenters. The first-order chi connectivity index (χ1) is 11.7. The number of hydrazine groups is 1. The van der Waals surface area contributed by atoms with Gasteiger partial charge >= 0.3 is 0 Å². The van der Waals surface area contributed by atoms with E-state index in [1.54, 1.807) is 24.3 Å². The molecule has 0 heterocycles. The van der Waals surface area contributed by atoms with Crippen LogP contribution < -0.4 is 20.7 Å². The van der Waals surface area contributed by atoms with Crippen LogP contribution in [-0.4, -0.2) is 27.3 Å². The largest absolute Gasteiger partial charge is 0.496 e. The van der Waals surface area contributed by atoms with Crippen LogP contribution in [0.5, 0.6) is 5.75 Å². The summed E-state index contributed by atoms with van der Waals surface area (Å²) < 4.78 is 28.4. The highest BCUT2D eigenvalue weighted by atomic mass is 79.9. The highest BCUT2D eigenvalue weighted by molar-refractivity contribution is 9.10. The average molecular weight is 428 g/mol. The van der Waals surface area contributed by atoms with Gasteiger partial charge in [0.15, 0.2) is 0 Å². The van der Waals surface area contributed by atoms with Gasteiger partial charge in [-0.25, -0.2) is 13.6 Å². The van der Waals surface area contributed by atoms with Gasteiger partial charge in [0.25, 0.3) is 11.8 Å². The van der Waals surface area contributed by atoms with E-state index in [1.807, 2.05) is 0 Å². The van der Waals surface area contributed by atoms with Crippen molar-refractivity contribution in [3.05, 3.63) is 58.1 Å². The van der Waals surface area contributed by atoms with Crippen LogP contribution in [0.2, 0.25) is 0 Å². The first-order valence-electron chi connectivity index (χ1n) is 6.80. The molecule has 0 aliphatic carbocycles. The molecule has 0 saturated carbocycles. The molecule has 0 radical (unpaired) electrons. The fraction of sp³-hybridized carbons (Fsp3) is 0.0667. The van der Waals surface area contributed by atoms with Crippen LogP contribution >= 0.6 is 15.9 Å². The first kappa shape index (κ1) is 18.9. The van der Waals surface area contributed by atoms with Gasteiger partial charge in [-0.2, -0.15) is 0 Å². The van der Waals surface area contributed by atoms with Gasteiger partial charge in [-0.15, -0.1) is 0 Å². The van der Waals surface area contributed by atoms with Crippen LogP contribution in [0.25, 0.3) is 0 Å². The normalized spacial score (nSPS) is 10.8. The zero-order valence-electron chi connectivity index (χ0n) is 12.9. The van der Waals surface area contributed by atoms with Crippen LogP contribution in [0.3, 0.4) is 0 Å². The van der Waals surface area contributed by atoms with Crippen molar-refractivity contribution in [2.45, 2.75) is 4.90 Å². The highest BCUT2D eigenvalue weighted by Gasteiger charge is 2.18. The molecule has 0 aliphatic rings. The topological polar surface area (TPSA) is 128 Å². The van der Waals surface area contributed by atoms with Crippen molar-refractivity contribution < 1.29 is 22.7 Å². The molecule has 2 amide bonds. The number of amides is 2. The van der Waals surface area contributed by atoms with E-state index < -0.39 is 21.8 Å². The molecule has 0 aliphatic heterocycles. The monoisotopic (exact) mass is 427 g/mol. The Morgan fingerprint density at radius 1 is 1.04 bits per heavy atom. The molecule has 132 valence electrons. The molecular weight excluding hydrogens is 414 g/mol. The fourth-order valence-electron chi connectivity index (χ4n) is 1.94. The summed E-state index contributed by atoms with van der Waals surface area (Å²) in [6.07, 6.45) is 0. The van der Waals surface area contributed by atoms with Crippen LogP contribution in [0, 0.1) is 0 Å². The first-order valence-corrected chi connectivity index (χ1v) is 9.14. The molecule has 0 aromatic heterocycles. The number of sulfonamides is 1. The minimum atomic E-state index is -3.99. The van der Waals surface area contributed by atoms with Gasteiger partial charge in [-0.3, -0.25) is 20.4 Å². The van der Waals surface area contributed by atoms with E-state index in [0.717, 1.165) is 6.07 Å². The van der Waals surface area contributed by atoms with Crippen molar-refractivity contribution >= 4 is 37.8 Å². The van der Waals surface area contributed by atoms with E-state index in [2.05, 4.69) is 26.8 Å². The Hall–Kier alpha value is -2.43. The molecule has 8 nitrogen and oxygen atoms in total. The lowest BCUT2D eigenvalue weighted by molar-refractivity contribution is 0.0844. The number of rotatable bonds is 4. The average Bonchev–Trinajstić information content (AvgIpc) is 2.58. The fourth-order valence-corrected chi connectivity index (χ4v) is 2.94. The van der Waals surface area contributed by atoms with Crippen LogP contribution in [-0.2, 0) is 10.0 Å². The molecule has 25 heavy (non-hydrogen) atoms. The number of hydrogen-bond donors (Lipinski definition) is 3. The molecule has 10 heteroatoms. The molecule has 0 spiro atoms. The summed E-state index contributed by atoms with van der Waals surface area (Å²) in [6.45, 7) is 0. The summed E-state index contributed by atoms with van der Waals surface area (Å²) in [4.78, 5) is 24.1. The summed E-state index contributed by atoms with van der Waals surface area (Å²) in [7, 11) is -2.67. The maximum Gasteiger partial charge on any atom is 0.273 e. The van der Waals surface area contributed by atoms with E-state index in [1.165, 1.54) is 19.2 Å². The number of benzene rings is 2. The van der Waals surface area contributed by atoms with Crippen molar-refractivity contribution in [1.82, 2.24) is 10.9 Å². The third-order valence-electron chi connectivity index (χ3n) is 3.15. The number of ether oxygens (including phenoxy) is 1. The highest BCUT2D eigenvalue weighted by Crippen LogP contribution is 2.21. The van der Waals surface area contributed by atoms with E-state index in [-0.39, 0.29) is 16.2 Å². The third-order valence-corrected chi connectivity index (χ3v) is 4.75. The van der Waals surface area contributed by atoms with Crippen molar-refractivity contribution in [2.75, 3.05) is 7.11 Å². The van der Waals surface area contributed by atoms with Crippen molar-refractivity contribution in [3.63, 3.8) is 0 Å². The maximum absolute atomic E-state index is 12.3. The second kappa shape index (κ2) is 7.64. The predicted molar refractivity (Wildman–Crippen MR) is 93.4 cm³/mol. The quantitative estimate of drug-likeness (QED) is 0.631. The summed E-state index contributed by atoms with van der Waals surface area (Å²) in [5, 5.41) is 5.06. The minimum Gasteiger partial charge on any atom is -0.496 e. The lowest BCUT2D eigenvalue weighted by Crippen LogP contribution is -2.42. The number of halogens is 1. The third kappa shape index (κ3) is 4.56. The SMILES string of the molecule is COc1ccc(S(N)(=O)=O)cc1C(=O)NNC(=O)c1ccccc1Br. The Morgan fingerprint density at radius 3 is 2.20 bits per heavy atom. The second-order valence-electron chi connectivity index (χ2n) is 4.80. The maximum atomic E-state index is 12.3. The molecule has 2 aromatic rings. The standard InChI is InChI=1S/C15H14BrN3O5S/c1-24-13-7-6-9(25(17,22)23)8-11(13)15(21)19-18-14(20)10-4-2-3-5-12(10)16/h2-8H,1H3,(H,18,20)(H,19,21)(H2,17,22,23). The van der Waals surface area contributed by atoms with Crippen molar-refractivity contribution in [3.8, 4) is 5.75 Å². The van der Waals surface area contributed by atoms with E-state index in [0.29, 0.717) is 10.0 Å². The Morgan fingerprint density at radius 2 is 1.64 bits per heavy atom. The number of primary sulfonamides is 1. The summed E-state index contributed by atoms with van der Waals surface area (Å²) in [5.74, 6) is -1.19. The van der Waals surface area contributed by atoms with Crippen molar-refractivity contribution in [2.24, 2.45) is 5.14 Å². The van der Waals surface area contributed by atoms with Crippen LogP contribution in [0.4, 0.5) is 0 Å². The Bertz CT molecular complexity index is 931. The van der Waals surface area contributed by atoms with Gasteiger partial charge in [-0.05, 0) is 46.3 Å². The van der Waals surface area contributed by atoms with Gasteiger partial charge in [0.1, 0.15) is 5.75 Å². The van der Waals surface area contributed by atoms with Gasteiger partial charge in [-0.1, -0.05) is 12.1 Å². The minimum absolute atomic E-state index is 0.0959. The molecule has 0 bridgehead atoms. The number of carbonyl (C=O) groups is 2. The predicted octanol–water partition coefficient (Wildman–Crippen LogP) is 1.18. The zero-order valence-corrected chi connectivity index (χ0v) is 15.3. The molecule has 2 rings (SSSR count). The molecular formula is C15H14BrN3O5S. The van der Waals surface area contributed by atoms with E-state index in [9.17, 15) is 18.0 Å².